The minimum atomic E-state index is 0.591. The number of aromatic nitrogens is 4. The zero-order chi connectivity index (χ0) is 30.9. The molecule has 10 rings (SSSR count). The van der Waals surface area contributed by atoms with E-state index in [4.69, 9.17) is 24.4 Å². The number of hydrogen-bond acceptors (Lipinski definition) is 5. The van der Waals surface area contributed by atoms with E-state index in [2.05, 4.69) is 109 Å². The van der Waals surface area contributed by atoms with Crippen molar-refractivity contribution in [2.24, 2.45) is 0 Å². The molecule has 0 spiro atoms. The molecule has 7 aromatic carbocycles. The SMILES string of the molecule is c1ccc2cc(-c3nc(-c4ccc5c(c4)oc4ccccc45)nc(-c4ccc5ccc6c(ccc7cccnc76)c5c4)n3)ccc2c1. The molecule has 0 radical (unpaired) electrons. The first kappa shape index (κ1) is 25.8. The van der Waals surface area contributed by atoms with Crippen LogP contribution in [0.5, 0.6) is 0 Å². The molecular formula is C42H24N4O. The molecule has 0 fully saturated rings. The van der Waals surface area contributed by atoms with Crippen molar-refractivity contribution in [1.29, 1.82) is 0 Å². The first-order valence-corrected chi connectivity index (χ1v) is 15.6. The van der Waals surface area contributed by atoms with Crippen LogP contribution >= 0.6 is 0 Å². The standard InChI is InChI=1S/C42H24N4O/c1-2-7-28-22-29(13-11-25(28)6-1)40-44-41(46-42(45-40)31-17-19-34-33-9-3-4-10-37(33)47-38(34)24-31)30-14-12-26-15-20-35-32(36(26)23-30)18-16-27-8-5-21-43-39(27)35/h1-24H. The summed E-state index contributed by atoms with van der Waals surface area (Å²) in [5.74, 6) is 1.82. The monoisotopic (exact) mass is 600 g/mol. The zero-order valence-electron chi connectivity index (χ0n) is 25.1. The molecule has 218 valence electrons. The van der Waals surface area contributed by atoms with Gasteiger partial charge in [0.15, 0.2) is 17.5 Å². The fourth-order valence-corrected chi connectivity index (χ4v) is 6.78. The van der Waals surface area contributed by atoms with Gasteiger partial charge in [-0.15, -0.1) is 0 Å². The molecule has 0 saturated carbocycles. The summed E-state index contributed by atoms with van der Waals surface area (Å²) in [6.45, 7) is 0. The van der Waals surface area contributed by atoms with Crippen molar-refractivity contribution in [1.82, 2.24) is 19.9 Å². The Hall–Kier alpha value is -6.46. The summed E-state index contributed by atoms with van der Waals surface area (Å²) in [5.41, 5.74) is 5.38. The Labute approximate surface area is 268 Å². The Morgan fingerprint density at radius 1 is 0.362 bits per heavy atom. The molecule has 0 saturated heterocycles. The lowest BCUT2D eigenvalue weighted by atomic mass is 9.98. The van der Waals surface area contributed by atoms with Crippen LogP contribution in [-0.4, -0.2) is 19.9 Å². The van der Waals surface area contributed by atoms with Gasteiger partial charge in [0.25, 0.3) is 0 Å². The predicted octanol–water partition coefficient (Wildman–Crippen LogP) is 10.8. The summed E-state index contributed by atoms with van der Waals surface area (Å²) in [6.07, 6.45) is 1.85. The Morgan fingerprint density at radius 3 is 1.83 bits per heavy atom. The van der Waals surface area contributed by atoms with Crippen LogP contribution < -0.4 is 0 Å². The van der Waals surface area contributed by atoms with Gasteiger partial charge in [0.2, 0.25) is 0 Å². The summed E-state index contributed by atoms with van der Waals surface area (Å²) < 4.78 is 6.24. The first-order chi connectivity index (χ1) is 23.2. The Bertz CT molecular complexity index is 2870. The summed E-state index contributed by atoms with van der Waals surface area (Å²) >= 11 is 0. The maximum Gasteiger partial charge on any atom is 0.164 e. The van der Waals surface area contributed by atoms with Crippen LogP contribution in [0.15, 0.2) is 150 Å². The van der Waals surface area contributed by atoms with Crippen molar-refractivity contribution < 1.29 is 4.42 Å². The molecule has 0 amide bonds. The summed E-state index contributed by atoms with van der Waals surface area (Å²) in [7, 11) is 0. The van der Waals surface area contributed by atoms with Gasteiger partial charge in [-0.2, -0.15) is 0 Å². The van der Waals surface area contributed by atoms with Crippen molar-refractivity contribution in [2.45, 2.75) is 0 Å². The van der Waals surface area contributed by atoms with Gasteiger partial charge in [0.1, 0.15) is 11.2 Å². The number of benzene rings is 7. The molecule has 0 N–H and O–H groups in total. The molecule has 0 bridgehead atoms. The molecular weight excluding hydrogens is 576 g/mol. The summed E-state index contributed by atoms with van der Waals surface area (Å²) in [6, 6.07) is 48.2. The van der Waals surface area contributed by atoms with E-state index in [0.717, 1.165) is 76.5 Å². The van der Waals surface area contributed by atoms with E-state index >= 15 is 0 Å². The third kappa shape index (κ3) is 4.17. The predicted molar refractivity (Wildman–Crippen MR) is 191 cm³/mol. The minimum absolute atomic E-state index is 0.591. The van der Waals surface area contributed by atoms with Gasteiger partial charge >= 0.3 is 0 Å². The van der Waals surface area contributed by atoms with Crippen molar-refractivity contribution in [2.75, 3.05) is 0 Å². The van der Waals surface area contributed by atoms with Crippen molar-refractivity contribution >= 4 is 65.2 Å². The van der Waals surface area contributed by atoms with E-state index in [1.165, 1.54) is 5.39 Å². The first-order valence-electron chi connectivity index (χ1n) is 15.6. The molecule has 5 heteroatoms. The highest BCUT2D eigenvalue weighted by Gasteiger charge is 2.16. The third-order valence-corrected chi connectivity index (χ3v) is 9.13. The molecule has 5 nitrogen and oxygen atoms in total. The largest absolute Gasteiger partial charge is 0.456 e. The molecule has 0 atom stereocenters. The minimum Gasteiger partial charge on any atom is -0.456 e. The van der Waals surface area contributed by atoms with Gasteiger partial charge in [-0.3, -0.25) is 4.98 Å². The molecule has 3 aromatic heterocycles. The normalized spacial score (nSPS) is 11.8. The van der Waals surface area contributed by atoms with Crippen LogP contribution in [0.4, 0.5) is 0 Å². The quantitative estimate of drug-likeness (QED) is 0.189. The van der Waals surface area contributed by atoms with Crippen molar-refractivity contribution in [3.63, 3.8) is 0 Å². The maximum absolute atomic E-state index is 6.24. The zero-order valence-corrected chi connectivity index (χ0v) is 25.1. The van der Waals surface area contributed by atoms with Crippen molar-refractivity contribution in [3.8, 4) is 34.2 Å². The number of pyridine rings is 1. The van der Waals surface area contributed by atoms with E-state index < -0.39 is 0 Å². The van der Waals surface area contributed by atoms with Gasteiger partial charge in [-0.1, -0.05) is 103 Å². The van der Waals surface area contributed by atoms with Crippen LogP contribution in [0.3, 0.4) is 0 Å². The second-order valence-electron chi connectivity index (χ2n) is 11.9. The lowest BCUT2D eigenvalue weighted by molar-refractivity contribution is 0.669. The Morgan fingerprint density at radius 2 is 0.957 bits per heavy atom. The highest BCUT2D eigenvalue weighted by Crippen LogP contribution is 2.35. The average molecular weight is 601 g/mol. The van der Waals surface area contributed by atoms with Crippen LogP contribution in [0.25, 0.3) is 99.3 Å². The lowest BCUT2D eigenvalue weighted by Crippen LogP contribution is -2.00. The Kier molecular flexibility index (Phi) is 5.51. The van der Waals surface area contributed by atoms with E-state index in [-0.39, 0.29) is 0 Å². The smallest absolute Gasteiger partial charge is 0.164 e. The fourth-order valence-electron chi connectivity index (χ4n) is 6.78. The number of hydrogen-bond donors (Lipinski definition) is 0. The van der Waals surface area contributed by atoms with E-state index in [0.29, 0.717) is 17.5 Å². The molecule has 0 aliphatic rings. The highest BCUT2D eigenvalue weighted by molar-refractivity contribution is 6.16. The molecule has 47 heavy (non-hydrogen) atoms. The highest BCUT2D eigenvalue weighted by atomic mass is 16.3. The third-order valence-electron chi connectivity index (χ3n) is 9.13. The molecule has 0 aliphatic heterocycles. The van der Waals surface area contributed by atoms with Gasteiger partial charge in [-0.25, -0.2) is 15.0 Å². The maximum atomic E-state index is 6.24. The summed E-state index contributed by atoms with van der Waals surface area (Å²) in [5, 5.41) is 10.1. The number of para-hydroxylation sites is 1. The molecule has 10 aromatic rings. The van der Waals surface area contributed by atoms with Gasteiger partial charge in [-0.05, 0) is 63.3 Å². The van der Waals surface area contributed by atoms with Crippen LogP contribution in [0.1, 0.15) is 0 Å². The van der Waals surface area contributed by atoms with Gasteiger partial charge in [0, 0.05) is 44.4 Å². The summed E-state index contributed by atoms with van der Waals surface area (Å²) in [4.78, 5) is 19.9. The molecule has 0 unspecified atom stereocenters. The van der Waals surface area contributed by atoms with E-state index in [1.807, 2.05) is 36.5 Å². The number of furan rings is 1. The fraction of sp³-hybridized carbons (Fsp3) is 0. The number of nitrogens with zero attached hydrogens (tertiary/aromatic N) is 4. The van der Waals surface area contributed by atoms with Crippen LogP contribution in [0, 0.1) is 0 Å². The second kappa shape index (κ2) is 10.0. The van der Waals surface area contributed by atoms with Gasteiger partial charge < -0.3 is 4.42 Å². The Balaban J connectivity index is 1.20. The number of rotatable bonds is 3. The topological polar surface area (TPSA) is 64.7 Å². The van der Waals surface area contributed by atoms with E-state index in [9.17, 15) is 0 Å². The second-order valence-corrected chi connectivity index (χ2v) is 11.9. The lowest BCUT2D eigenvalue weighted by Gasteiger charge is -2.11. The molecule has 0 aliphatic carbocycles. The van der Waals surface area contributed by atoms with Crippen molar-refractivity contribution in [3.05, 3.63) is 146 Å². The molecule has 3 heterocycles. The average Bonchev–Trinajstić information content (AvgIpc) is 3.52. The van der Waals surface area contributed by atoms with E-state index in [1.54, 1.807) is 0 Å². The van der Waals surface area contributed by atoms with Crippen LogP contribution in [0.2, 0.25) is 0 Å². The number of fused-ring (bicyclic) bond motifs is 9. The van der Waals surface area contributed by atoms with Gasteiger partial charge in [0.05, 0.1) is 5.52 Å². The van der Waals surface area contributed by atoms with Crippen LogP contribution in [-0.2, 0) is 0 Å².